The molecule has 6 nitrogen and oxygen atoms in total. The first-order valence-electron chi connectivity index (χ1n) is 9.86. The van der Waals surface area contributed by atoms with E-state index in [1.807, 2.05) is 24.4 Å². The third-order valence-corrected chi connectivity index (χ3v) is 5.64. The molecule has 1 aromatic carbocycles. The van der Waals surface area contributed by atoms with E-state index in [0.717, 1.165) is 67.3 Å². The summed E-state index contributed by atoms with van der Waals surface area (Å²) in [5.41, 5.74) is 1.14. The van der Waals surface area contributed by atoms with Gasteiger partial charge in [-0.3, -0.25) is 4.99 Å². The Morgan fingerprint density at radius 2 is 1.97 bits per heavy atom. The Bertz CT molecular complexity index is 787. The fraction of sp³-hybridized carbons (Fsp3) is 0.429. The number of ether oxygens (including phenoxy) is 1. The third kappa shape index (κ3) is 7.92. The summed E-state index contributed by atoms with van der Waals surface area (Å²) in [6.45, 7) is 4.68. The number of hydrogen-bond donors (Lipinski definition) is 2. The molecule has 1 aliphatic heterocycles. The van der Waals surface area contributed by atoms with Crippen LogP contribution in [0.5, 0.6) is 0 Å². The zero-order valence-corrected chi connectivity index (χ0v) is 20.3. The zero-order chi connectivity index (χ0) is 20.3. The summed E-state index contributed by atoms with van der Waals surface area (Å²) in [5.74, 6) is 2.54. The number of aromatic nitrogens is 1. The summed E-state index contributed by atoms with van der Waals surface area (Å²) < 4.78 is 18.4. The predicted molar refractivity (Wildman–Crippen MR) is 133 cm³/mol. The lowest BCUT2D eigenvalue weighted by Gasteiger charge is -2.29. The molecule has 0 spiro atoms. The molecule has 0 bridgehead atoms. The highest BCUT2D eigenvalue weighted by atomic mass is 127. The Balaban J connectivity index is 0.00000320. The van der Waals surface area contributed by atoms with Crippen molar-refractivity contribution in [3.63, 3.8) is 0 Å². The number of benzene rings is 1. The van der Waals surface area contributed by atoms with Gasteiger partial charge < -0.3 is 20.3 Å². The molecule has 1 fully saturated rings. The van der Waals surface area contributed by atoms with Crippen molar-refractivity contribution >= 4 is 47.5 Å². The van der Waals surface area contributed by atoms with Crippen LogP contribution in [0.1, 0.15) is 12.0 Å². The first kappa shape index (κ1) is 24.7. The largest absolute Gasteiger partial charge is 0.378 e. The van der Waals surface area contributed by atoms with E-state index in [1.165, 1.54) is 12.1 Å². The average Bonchev–Trinajstić information content (AvgIpc) is 2.77. The molecule has 1 aliphatic rings. The molecule has 3 rings (SSSR count). The van der Waals surface area contributed by atoms with E-state index in [0.29, 0.717) is 6.54 Å². The lowest BCUT2D eigenvalue weighted by atomic mass is 10.2. The molecule has 9 heteroatoms. The Morgan fingerprint density at radius 3 is 2.70 bits per heavy atom. The molecular formula is C21H29FIN5OS. The number of rotatable bonds is 8. The number of thioether (sulfide) groups is 1. The van der Waals surface area contributed by atoms with Gasteiger partial charge in [-0.05, 0) is 42.5 Å². The van der Waals surface area contributed by atoms with Crippen molar-refractivity contribution in [2.24, 2.45) is 4.99 Å². The van der Waals surface area contributed by atoms with E-state index in [4.69, 9.17) is 4.74 Å². The summed E-state index contributed by atoms with van der Waals surface area (Å²) in [6.07, 6.45) is 2.81. The van der Waals surface area contributed by atoms with Gasteiger partial charge in [0.1, 0.15) is 11.6 Å². The SMILES string of the molecule is CN=C(NCCCSc1ccc(F)cc1)NCc1cccnc1N1CCOCC1.I. The van der Waals surface area contributed by atoms with Gasteiger partial charge >= 0.3 is 0 Å². The number of guanidine groups is 1. The molecule has 1 aromatic heterocycles. The van der Waals surface area contributed by atoms with Gasteiger partial charge in [0.25, 0.3) is 0 Å². The number of morpholine rings is 1. The smallest absolute Gasteiger partial charge is 0.191 e. The number of pyridine rings is 1. The van der Waals surface area contributed by atoms with Crippen LogP contribution in [0.2, 0.25) is 0 Å². The van der Waals surface area contributed by atoms with Crippen molar-refractivity contribution in [3.8, 4) is 0 Å². The molecule has 2 N–H and O–H groups in total. The van der Waals surface area contributed by atoms with E-state index in [1.54, 1.807) is 18.8 Å². The van der Waals surface area contributed by atoms with Crippen molar-refractivity contribution in [2.45, 2.75) is 17.9 Å². The van der Waals surface area contributed by atoms with Crippen LogP contribution in [0.3, 0.4) is 0 Å². The number of aliphatic imine (C=N–C) groups is 1. The lowest BCUT2D eigenvalue weighted by molar-refractivity contribution is 0.122. The number of nitrogens with one attached hydrogen (secondary N) is 2. The molecule has 0 unspecified atom stereocenters. The highest BCUT2D eigenvalue weighted by Crippen LogP contribution is 2.19. The topological polar surface area (TPSA) is 61.8 Å². The lowest BCUT2D eigenvalue weighted by Crippen LogP contribution is -2.39. The van der Waals surface area contributed by atoms with Gasteiger partial charge in [-0.25, -0.2) is 9.37 Å². The minimum absolute atomic E-state index is 0. The molecule has 0 radical (unpaired) electrons. The third-order valence-electron chi connectivity index (χ3n) is 4.54. The van der Waals surface area contributed by atoms with Crippen LogP contribution in [0.4, 0.5) is 10.2 Å². The standard InChI is InChI=1S/C21H28FN5OS.HI/c1-23-21(25-10-3-15-29-19-7-5-18(22)6-8-19)26-16-17-4-2-9-24-20(17)27-11-13-28-14-12-27;/h2,4-9H,3,10-16H2,1H3,(H2,23,25,26);1H. The quantitative estimate of drug-likeness (QED) is 0.174. The minimum Gasteiger partial charge on any atom is -0.378 e. The minimum atomic E-state index is -0.198. The summed E-state index contributed by atoms with van der Waals surface area (Å²) in [4.78, 5) is 12.2. The highest BCUT2D eigenvalue weighted by Gasteiger charge is 2.15. The predicted octanol–water partition coefficient (Wildman–Crippen LogP) is 3.52. The maximum Gasteiger partial charge on any atom is 0.191 e. The fourth-order valence-corrected chi connectivity index (χ4v) is 3.88. The van der Waals surface area contributed by atoms with Crippen molar-refractivity contribution < 1.29 is 9.13 Å². The summed E-state index contributed by atoms with van der Waals surface area (Å²) >= 11 is 1.73. The summed E-state index contributed by atoms with van der Waals surface area (Å²) in [6, 6.07) is 10.7. The summed E-state index contributed by atoms with van der Waals surface area (Å²) in [7, 11) is 1.77. The monoisotopic (exact) mass is 545 g/mol. The molecule has 0 saturated carbocycles. The second-order valence-electron chi connectivity index (χ2n) is 6.59. The van der Waals surface area contributed by atoms with Crippen LogP contribution in [-0.2, 0) is 11.3 Å². The van der Waals surface area contributed by atoms with Crippen molar-refractivity contribution in [1.82, 2.24) is 15.6 Å². The van der Waals surface area contributed by atoms with Gasteiger partial charge in [0.2, 0.25) is 0 Å². The van der Waals surface area contributed by atoms with Crippen LogP contribution in [0.25, 0.3) is 0 Å². The molecule has 30 heavy (non-hydrogen) atoms. The van der Waals surface area contributed by atoms with E-state index >= 15 is 0 Å². The van der Waals surface area contributed by atoms with Crippen molar-refractivity contribution in [2.75, 3.05) is 50.5 Å². The molecule has 0 atom stereocenters. The molecule has 0 aliphatic carbocycles. The van der Waals surface area contributed by atoms with Crippen molar-refractivity contribution in [1.29, 1.82) is 0 Å². The van der Waals surface area contributed by atoms with Crippen LogP contribution >= 0.6 is 35.7 Å². The molecule has 2 heterocycles. The highest BCUT2D eigenvalue weighted by molar-refractivity contribution is 14.0. The number of nitrogens with zero attached hydrogens (tertiary/aromatic N) is 3. The maximum atomic E-state index is 12.9. The van der Waals surface area contributed by atoms with Gasteiger partial charge in [0.05, 0.1) is 13.2 Å². The number of halogens is 2. The molecule has 164 valence electrons. The summed E-state index contributed by atoms with van der Waals surface area (Å²) in [5, 5.41) is 6.72. The van der Waals surface area contributed by atoms with Gasteiger partial charge in [0, 0.05) is 49.9 Å². The van der Waals surface area contributed by atoms with Gasteiger partial charge in [0.15, 0.2) is 5.96 Å². The van der Waals surface area contributed by atoms with Gasteiger partial charge in [-0.15, -0.1) is 35.7 Å². The first-order chi connectivity index (χ1) is 14.3. The maximum absolute atomic E-state index is 12.9. The number of hydrogen-bond acceptors (Lipinski definition) is 5. The van der Waals surface area contributed by atoms with Crippen molar-refractivity contribution in [3.05, 3.63) is 54.0 Å². The molecule has 2 aromatic rings. The van der Waals surface area contributed by atoms with Gasteiger partial charge in [-0.2, -0.15) is 0 Å². The Morgan fingerprint density at radius 1 is 1.20 bits per heavy atom. The second kappa shape index (κ2) is 13.7. The van der Waals surface area contributed by atoms with Crippen LogP contribution in [-0.4, -0.2) is 56.6 Å². The normalized spacial score (nSPS) is 14.2. The Hall–Kier alpha value is -1.59. The molecule has 1 saturated heterocycles. The fourth-order valence-electron chi connectivity index (χ4n) is 3.03. The van der Waals surface area contributed by atoms with E-state index in [2.05, 4.69) is 31.6 Å². The Kier molecular flexibility index (Phi) is 11.2. The number of anilines is 1. The molecule has 0 amide bonds. The second-order valence-corrected chi connectivity index (χ2v) is 7.76. The average molecular weight is 545 g/mol. The van der Waals surface area contributed by atoms with E-state index in [9.17, 15) is 4.39 Å². The van der Waals surface area contributed by atoms with E-state index in [-0.39, 0.29) is 29.8 Å². The first-order valence-corrected chi connectivity index (χ1v) is 10.8. The van der Waals surface area contributed by atoms with Crippen LogP contribution < -0.4 is 15.5 Å². The zero-order valence-electron chi connectivity index (χ0n) is 17.1. The van der Waals surface area contributed by atoms with E-state index < -0.39 is 0 Å². The van der Waals surface area contributed by atoms with Gasteiger partial charge in [-0.1, -0.05) is 6.07 Å². The Labute approximate surface area is 199 Å². The van der Waals surface area contributed by atoms with Crippen LogP contribution in [0, 0.1) is 5.82 Å². The van der Waals surface area contributed by atoms with Crippen LogP contribution in [0.15, 0.2) is 52.5 Å². The molecular weight excluding hydrogens is 516 g/mol.